The lowest BCUT2D eigenvalue weighted by Crippen LogP contribution is -2.45. The molecule has 0 aliphatic rings. The highest BCUT2D eigenvalue weighted by Gasteiger charge is 2.42. The van der Waals surface area contributed by atoms with Crippen LogP contribution in [0.15, 0.2) is 30.3 Å². The van der Waals surface area contributed by atoms with Gasteiger partial charge < -0.3 is 13.6 Å². The van der Waals surface area contributed by atoms with Gasteiger partial charge in [-0.05, 0) is 59.8 Å². The summed E-state index contributed by atoms with van der Waals surface area (Å²) in [6.45, 7) is 22.7. The van der Waals surface area contributed by atoms with Crippen molar-refractivity contribution in [2.75, 3.05) is 7.11 Å². The van der Waals surface area contributed by atoms with E-state index in [4.69, 9.17) is 13.6 Å². The molecule has 2 aromatic rings. The zero-order valence-corrected chi connectivity index (χ0v) is 21.6. The third-order valence-electron chi connectivity index (χ3n) is 6.48. The van der Waals surface area contributed by atoms with Gasteiger partial charge in [-0.25, -0.2) is 0 Å². The lowest BCUT2D eigenvalue weighted by atomic mass is 10.1. The standard InChI is InChI=1S/C23H38O3Si2/c1-22(2,3)27(8,9)25-20-15-13-17-12-14-18(24-7)16-19(17)21(20)26-28(10,11)23(4,5)6/h12-16H,1-11H3. The van der Waals surface area contributed by atoms with Crippen molar-refractivity contribution in [3.63, 3.8) is 0 Å². The van der Waals surface area contributed by atoms with Crippen molar-refractivity contribution in [2.45, 2.75) is 77.8 Å². The maximum atomic E-state index is 6.85. The molecule has 0 aliphatic carbocycles. The van der Waals surface area contributed by atoms with Gasteiger partial charge in [-0.15, -0.1) is 0 Å². The maximum Gasteiger partial charge on any atom is 0.250 e. The van der Waals surface area contributed by atoms with Crippen LogP contribution in [0.5, 0.6) is 17.2 Å². The van der Waals surface area contributed by atoms with Crippen LogP contribution >= 0.6 is 0 Å². The number of rotatable bonds is 5. The van der Waals surface area contributed by atoms with Gasteiger partial charge in [-0.1, -0.05) is 53.7 Å². The minimum Gasteiger partial charge on any atom is -0.541 e. The second kappa shape index (κ2) is 7.41. The molecular weight excluding hydrogens is 380 g/mol. The van der Waals surface area contributed by atoms with E-state index in [2.05, 4.69) is 92.0 Å². The fourth-order valence-electron chi connectivity index (χ4n) is 2.40. The normalized spacial score (nSPS) is 13.5. The smallest absolute Gasteiger partial charge is 0.250 e. The number of fused-ring (bicyclic) bond motifs is 1. The summed E-state index contributed by atoms with van der Waals surface area (Å²) in [5, 5.41) is 2.41. The van der Waals surface area contributed by atoms with Crippen molar-refractivity contribution >= 4 is 27.4 Å². The van der Waals surface area contributed by atoms with Crippen LogP contribution in [0.25, 0.3) is 10.8 Å². The van der Waals surface area contributed by atoms with Crippen molar-refractivity contribution in [3.8, 4) is 17.2 Å². The number of benzene rings is 2. The minimum absolute atomic E-state index is 0.0995. The number of methoxy groups -OCH3 is 1. The Morgan fingerprint density at radius 1 is 0.714 bits per heavy atom. The lowest BCUT2D eigenvalue weighted by molar-refractivity contribution is 0.415. The molecule has 28 heavy (non-hydrogen) atoms. The van der Waals surface area contributed by atoms with Gasteiger partial charge >= 0.3 is 0 Å². The van der Waals surface area contributed by atoms with Crippen LogP contribution in [0.3, 0.4) is 0 Å². The number of hydrogen-bond acceptors (Lipinski definition) is 3. The summed E-state index contributed by atoms with van der Waals surface area (Å²) in [5.74, 6) is 2.56. The van der Waals surface area contributed by atoms with Gasteiger partial charge in [0.15, 0.2) is 5.75 Å². The van der Waals surface area contributed by atoms with Gasteiger partial charge in [0.2, 0.25) is 0 Å². The van der Waals surface area contributed by atoms with Crippen LogP contribution in [-0.2, 0) is 0 Å². The Morgan fingerprint density at radius 2 is 1.21 bits per heavy atom. The van der Waals surface area contributed by atoms with Crippen LogP contribution in [0.4, 0.5) is 0 Å². The molecule has 3 nitrogen and oxygen atoms in total. The van der Waals surface area contributed by atoms with Crippen LogP contribution in [0.2, 0.25) is 36.3 Å². The van der Waals surface area contributed by atoms with E-state index in [0.29, 0.717) is 0 Å². The molecule has 156 valence electrons. The van der Waals surface area contributed by atoms with Crippen LogP contribution in [0.1, 0.15) is 41.5 Å². The van der Waals surface area contributed by atoms with E-state index >= 15 is 0 Å². The maximum absolute atomic E-state index is 6.85. The average Bonchev–Trinajstić information content (AvgIpc) is 2.54. The monoisotopic (exact) mass is 418 g/mol. The molecule has 0 unspecified atom stereocenters. The molecule has 0 heterocycles. The van der Waals surface area contributed by atoms with Gasteiger partial charge in [-0.2, -0.15) is 0 Å². The molecule has 0 N–H and O–H groups in total. The van der Waals surface area contributed by atoms with Gasteiger partial charge in [0.1, 0.15) is 11.5 Å². The lowest BCUT2D eigenvalue weighted by Gasteiger charge is -2.40. The summed E-state index contributed by atoms with van der Waals surface area (Å²) < 4.78 is 19.1. The van der Waals surface area contributed by atoms with E-state index in [9.17, 15) is 0 Å². The van der Waals surface area contributed by atoms with Gasteiger partial charge in [-0.3, -0.25) is 0 Å². The number of ether oxygens (including phenoxy) is 1. The Labute approximate surface area is 173 Å². The first kappa shape index (κ1) is 22.8. The first-order chi connectivity index (χ1) is 12.6. The predicted octanol–water partition coefficient (Wildman–Crippen LogP) is 7.62. The fourth-order valence-corrected chi connectivity index (χ4v) is 4.44. The van der Waals surface area contributed by atoms with Gasteiger partial charge in [0.05, 0.1) is 7.11 Å². The molecule has 2 rings (SSSR count). The van der Waals surface area contributed by atoms with Crippen molar-refractivity contribution in [2.24, 2.45) is 0 Å². The van der Waals surface area contributed by atoms with E-state index in [1.807, 2.05) is 6.07 Å². The minimum atomic E-state index is -2.05. The number of hydrogen-bond donors (Lipinski definition) is 0. The van der Waals surface area contributed by atoms with Crippen LogP contribution in [-0.4, -0.2) is 23.7 Å². The van der Waals surface area contributed by atoms with E-state index in [-0.39, 0.29) is 10.1 Å². The Bertz CT molecular complexity index is 843. The first-order valence-electron chi connectivity index (χ1n) is 10.1. The van der Waals surface area contributed by atoms with E-state index in [1.165, 1.54) is 0 Å². The molecule has 0 aromatic heterocycles. The van der Waals surface area contributed by atoms with Crippen molar-refractivity contribution in [3.05, 3.63) is 30.3 Å². The molecule has 0 saturated heterocycles. The Balaban J connectivity index is 2.70. The van der Waals surface area contributed by atoms with Crippen molar-refractivity contribution in [1.82, 2.24) is 0 Å². The quantitative estimate of drug-likeness (QED) is 0.467. The van der Waals surface area contributed by atoms with Crippen LogP contribution < -0.4 is 13.6 Å². The second-order valence-corrected chi connectivity index (χ2v) is 20.2. The molecule has 0 atom stereocenters. The average molecular weight is 419 g/mol. The molecule has 0 saturated carbocycles. The Hall–Kier alpha value is -1.47. The molecule has 0 spiro atoms. The molecular formula is C23H38O3Si2. The van der Waals surface area contributed by atoms with E-state index < -0.39 is 16.6 Å². The van der Waals surface area contributed by atoms with Gasteiger partial charge in [0.25, 0.3) is 16.6 Å². The van der Waals surface area contributed by atoms with Crippen LogP contribution in [0, 0.1) is 0 Å². The van der Waals surface area contributed by atoms with Crippen molar-refractivity contribution < 1.29 is 13.6 Å². The topological polar surface area (TPSA) is 27.7 Å². The largest absolute Gasteiger partial charge is 0.541 e. The second-order valence-electron chi connectivity index (χ2n) is 10.7. The molecule has 0 amide bonds. The highest BCUT2D eigenvalue weighted by atomic mass is 28.4. The van der Waals surface area contributed by atoms with E-state index in [1.54, 1.807) is 7.11 Å². The molecule has 0 fully saturated rings. The summed E-state index contributed by atoms with van der Waals surface area (Å²) >= 11 is 0. The Kier molecular flexibility index (Phi) is 6.04. The zero-order chi connectivity index (χ0) is 21.5. The highest BCUT2D eigenvalue weighted by Crippen LogP contribution is 2.46. The molecule has 2 aromatic carbocycles. The summed E-state index contributed by atoms with van der Waals surface area (Å²) in [4.78, 5) is 0. The van der Waals surface area contributed by atoms with Crippen molar-refractivity contribution in [1.29, 1.82) is 0 Å². The highest BCUT2D eigenvalue weighted by molar-refractivity contribution is 6.75. The summed E-state index contributed by atoms with van der Waals surface area (Å²) in [5.41, 5.74) is 0. The third-order valence-corrected chi connectivity index (χ3v) is 15.1. The first-order valence-corrected chi connectivity index (χ1v) is 15.9. The summed E-state index contributed by atoms with van der Waals surface area (Å²) in [6.07, 6.45) is 0. The van der Waals surface area contributed by atoms with Gasteiger partial charge in [0, 0.05) is 5.39 Å². The molecule has 0 bridgehead atoms. The molecule has 0 aliphatic heterocycles. The predicted molar refractivity (Wildman–Crippen MR) is 126 cm³/mol. The summed E-state index contributed by atoms with van der Waals surface area (Å²) in [6, 6.07) is 10.3. The SMILES string of the molecule is COc1ccc2ccc(O[Si](C)(C)C(C)(C)C)c(O[Si](C)(C)C(C)(C)C)c2c1. The zero-order valence-electron chi connectivity index (χ0n) is 19.6. The summed E-state index contributed by atoms with van der Waals surface area (Å²) in [7, 11) is -2.35. The van der Waals surface area contributed by atoms with E-state index in [0.717, 1.165) is 28.0 Å². The molecule has 5 heteroatoms. The fraction of sp³-hybridized carbons (Fsp3) is 0.565. The Morgan fingerprint density at radius 3 is 1.71 bits per heavy atom. The molecule has 0 radical (unpaired) electrons. The third kappa shape index (κ3) is 4.57.